The van der Waals surface area contributed by atoms with Crippen LogP contribution in [0.3, 0.4) is 0 Å². The van der Waals surface area contributed by atoms with Gasteiger partial charge in [-0.25, -0.2) is 0 Å². The first-order valence-electron chi connectivity index (χ1n) is 5.14. The third kappa shape index (κ3) is 2.41. The first kappa shape index (κ1) is 11.5. The van der Waals surface area contributed by atoms with Crippen LogP contribution in [0.1, 0.15) is 6.42 Å². The molecule has 1 aliphatic heterocycles. The molecule has 1 aliphatic rings. The van der Waals surface area contributed by atoms with Crippen molar-refractivity contribution >= 4 is 15.9 Å². The predicted octanol–water partition coefficient (Wildman–Crippen LogP) is 1.90. The zero-order valence-electron chi connectivity index (χ0n) is 9.00. The van der Waals surface area contributed by atoms with Crippen LogP contribution < -0.4 is 14.8 Å². The number of hydrogen-bond acceptors (Lipinski definition) is 4. The molecule has 5 heteroatoms. The van der Waals surface area contributed by atoms with E-state index in [1.807, 2.05) is 0 Å². The molecule has 1 atom stereocenters. The van der Waals surface area contributed by atoms with Gasteiger partial charge < -0.3 is 19.9 Å². The van der Waals surface area contributed by atoms with Gasteiger partial charge in [-0.15, -0.1) is 0 Å². The van der Waals surface area contributed by atoms with E-state index in [-0.39, 0.29) is 11.9 Å². The molecule has 1 unspecified atom stereocenters. The first-order valence-corrected chi connectivity index (χ1v) is 5.94. The van der Waals surface area contributed by atoms with Crippen molar-refractivity contribution in [2.24, 2.45) is 0 Å². The predicted molar refractivity (Wildman–Crippen MR) is 64.3 cm³/mol. The molecule has 2 rings (SSSR count). The van der Waals surface area contributed by atoms with Crippen LogP contribution in [0.25, 0.3) is 0 Å². The van der Waals surface area contributed by atoms with Crippen molar-refractivity contribution in [1.29, 1.82) is 0 Å². The molecule has 0 amide bonds. The Morgan fingerprint density at radius 1 is 1.50 bits per heavy atom. The van der Waals surface area contributed by atoms with E-state index < -0.39 is 0 Å². The standard InChI is InChI=1S/C11H14BrNO3/c1-15-10-5-8(4-9(12)11(10)14)16-7-2-3-13-6-7/h4-5,7,13-14H,2-3,6H2,1H3. The Labute approximate surface area is 103 Å². The minimum atomic E-state index is 0.0967. The van der Waals surface area contributed by atoms with Gasteiger partial charge >= 0.3 is 0 Å². The van der Waals surface area contributed by atoms with Crippen molar-refractivity contribution in [1.82, 2.24) is 5.32 Å². The molecule has 0 aromatic heterocycles. The Hall–Kier alpha value is -0.940. The monoisotopic (exact) mass is 287 g/mol. The molecular weight excluding hydrogens is 274 g/mol. The van der Waals surface area contributed by atoms with E-state index in [4.69, 9.17) is 9.47 Å². The summed E-state index contributed by atoms with van der Waals surface area (Å²) >= 11 is 3.26. The summed E-state index contributed by atoms with van der Waals surface area (Å²) in [7, 11) is 1.52. The highest BCUT2D eigenvalue weighted by atomic mass is 79.9. The van der Waals surface area contributed by atoms with Crippen molar-refractivity contribution in [2.45, 2.75) is 12.5 Å². The van der Waals surface area contributed by atoms with Crippen LogP contribution in [-0.2, 0) is 0 Å². The Bertz CT molecular complexity index is 378. The third-order valence-corrected chi connectivity index (χ3v) is 3.14. The second kappa shape index (κ2) is 4.93. The average molecular weight is 288 g/mol. The topological polar surface area (TPSA) is 50.7 Å². The smallest absolute Gasteiger partial charge is 0.172 e. The lowest BCUT2D eigenvalue weighted by Gasteiger charge is -2.14. The van der Waals surface area contributed by atoms with Crippen LogP contribution in [-0.4, -0.2) is 31.4 Å². The number of benzene rings is 1. The quantitative estimate of drug-likeness (QED) is 0.892. The number of methoxy groups -OCH3 is 1. The number of aromatic hydroxyl groups is 1. The van der Waals surface area contributed by atoms with Crippen LogP contribution in [0.15, 0.2) is 16.6 Å². The number of phenolic OH excluding ortho intramolecular Hbond substituents is 1. The van der Waals surface area contributed by atoms with Gasteiger partial charge in [0.2, 0.25) is 0 Å². The molecule has 0 saturated carbocycles. The van der Waals surface area contributed by atoms with Crippen LogP contribution in [0, 0.1) is 0 Å². The molecule has 0 bridgehead atoms. The summed E-state index contributed by atoms with van der Waals surface area (Å²) in [6.07, 6.45) is 1.20. The molecule has 4 nitrogen and oxygen atoms in total. The number of nitrogens with one attached hydrogen (secondary N) is 1. The van der Waals surface area contributed by atoms with Crippen molar-refractivity contribution < 1.29 is 14.6 Å². The first-order chi connectivity index (χ1) is 7.70. The number of hydrogen-bond donors (Lipinski definition) is 2. The number of ether oxygens (including phenoxy) is 2. The third-order valence-electron chi connectivity index (χ3n) is 2.54. The lowest BCUT2D eigenvalue weighted by atomic mass is 10.3. The van der Waals surface area contributed by atoms with Crippen molar-refractivity contribution in [2.75, 3.05) is 20.2 Å². The molecule has 1 saturated heterocycles. The highest BCUT2D eigenvalue weighted by molar-refractivity contribution is 9.10. The zero-order valence-corrected chi connectivity index (χ0v) is 10.6. The van der Waals surface area contributed by atoms with Crippen LogP contribution >= 0.6 is 15.9 Å². The van der Waals surface area contributed by atoms with Gasteiger partial charge in [-0.2, -0.15) is 0 Å². The maximum Gasteiger partial charge on any atom is 0.172 e. The van der Waals surface area contributed by atoms with Gasteiger partial charge in [0.1, 0.15) is 11.9 Å². The zero-order chi connectivity index (χ0) is 11.5. The van der Waals surface area contributed by atoms with E-state index >= 15 is 0 Å². The van der Waals surface area contributed by atoms with Crippen molar-refractivity contribution in [3.05, 3.63) is 16.6 Å². The van der Waals surface area contributed by atoms with E-state index in [0.717, 1.165) is 19.5 Å². The number of phenols is 1. The molecule has 0 radical (unpaired) electrons. The highest BCUT2D eigenvalue weighted by Gasteiger charge is 2.17. The summed E-state index contributed by atoms with van der Waals surface area (Å²) in [6.45, 7) is 1.85. The average Bonchev–Trinajstić information content (AvgIpc) is 2.76. The second-order valence-corrected chi connectivity index (χ2v) is 4.54. The largest absolute Gasteiger partial charge is 0.503 e. The summed E-state index contributed by atoms with van der Waals surface area (Å²) in [6, 6.07) is 3.44. The van der Waals surface area contributed by atoms with Gasteiger partial charge in [-0.05, 0) is 35.0 Å². The Balaban J connectivity index is 2.17. The molecule has 0 spiro atoms. The summed E-state index contributed by atoms with van der Waals surface area (Å²) in [5.41, 5.74) is 0. The number of rotatable bonds is 3. The van der Waals surface area contributed by atoms with Gasteiger partial charge in [0.15, 0.2) is 11.5 Å². The lowest BCUT2D eigenvalue weighted by Crippen LogP contribution is -2.19. The molecule has 0 aliphatic carbocycles. The summed E-state index contributed by atoms with van der Waals surface area (Å²) < 4.78 is 11.4. The number of halogens is 1. The van der Waals surface area contributed by atoms with E-state index in [1.165, 1.54) is 7.11 Å². The maximum atomic E-state index is 9.64. The van der Waals surface area contributed by atoms with E-state index in [9.17, 15) is 5.11 Å². The molecule has 2 N–H and O–H groups in total. The molecule has 1 heterocycles. The highest BCUT2D eigenvalue weighted by Crippen LogP contribution is 2.38. The van der Waals surface area contributed by atoms with Crippen molar-refractivity contribution in [3.8, 4) is 17.2 Å². The molecule has 1 fully saturated rings. The maximum absolute atomic E-state index is 9.64. The van der Waals surface area contributed by atoms with Gasteiger partial charge in [0.25, 0.3) is 0 Å². The fourth-order valence-electron chi connectivity index (χ4n) is 1.70. The van der Waals surface area contributed by atoms with Crippen LogP contribution in [0.4, 0.5) is 0 Å². The second-order valence-electron chi connectivity index (χ2n) is 3.69. The summed E-state index contributed by atoms with van der Waals surface area (Å²) in [4.78, 5) is 0. The summed E-state index contributed by atoms with van der Waals surface area (Å²) in [5, 5.41) is 12.9. The van der Waals surface area contributed by atoms with Crippen LogP contribution in [0.5, 0.6) is 17.2 Å². The molecule has 16 heavy (non-hydrogen) atoms. The van der Waals surface area contributed by atoms with Crippen LogP contribution in [0.2, 0.25) is 0 Å². The fourth-order valence-corrected chi connectivity index (χ4v) is 2.12. The van der Waals surface area contributed by atoms with Gasteiger partial charge in [0, 0.05) is 12.6 Å². The molecular formula is C11H14BrNO3. The van der Waals surface area contributed by atoms with E-state index in [1.54, 1.807) is 12.1 Å². The fraction of sp³-hybridized carbons (Fsp3) is 0.455. The minimum Gasteiger partial charge on any atom is -0.503 e. The van der Waals surface area contributed by atoms with Crippen molar-refractivity contribution in [3.63, 3.8) is 0 Å². The van der Waals surface area contributed by atoms with Gasteiger partial charge in [-0.3, -0.25) is 0 Å². The Morgan fingerprint density at radius 2 is 2.31 bits per heavy atom. The van der Waals surface area contributed by atoms with Gasteiger partial charge in [0.05, 0.1) is 11.6 Å². The molecule has 1 aromatic carbocycles. The normalized spacial score (nSPS) is 19.8. The Morgan fingerprint density at radius 3 is 2.94 bits per heavy atom. The minimum absolute atomic E-state index is 0.0967. The Kier molecular flexibility index (Phi) is 3.56. The molecule has 1 aromatic rings. The van der Waals surface area contributed by atoms with Gasteiger partial charge in [-0.1, -0.05) is 0 Å². The molecule has 88 valence electrons. The van der Waals surface area contributed by atoms with E-state index in [2.05, 4.69) is 21.2 Å². The van der Waals surface area contributed by atoms with E-state index in [0.29, 0.717) is 16.0 Å². The summed E-state index contributed by atoms with van der Waals surface area (Å²) in [5.74, 6) is 1.21. The SMILES string of the molecule is COc1cc(OC2CCNC2)cc(Br)c1O. The lowest BCUT2D eigenvalue weighted by molar-refractivity contribution is 0.221.